The van der Waals surface area contributed by atoms with Crippen LogP contribution < -0.4 is 22.1 Å². The van der Waals surface area contributed by atoms with E-state index >= 15 is 0 Å². The fourth-order valence-corrected chi connectivity index (χ4v) is 9.85. The second-order valence-electron chi connectivity index (χ2n) is 25.0. The number of aromatic amines is 1. The van der Waals surface area contributed by atoms with Gasteiger partial charge < -0.3 is 32.3 Å². The number of nitriles is 7. The minimum Gasteiger partial charge on any atom is -0.478 e. The van der Waals surface area contributed by atoms with E-state index in [-0.39, 0.29) is 58.3 Å². The van der Waals surface area contributed by atoms with Gasteiger partial charge in [-0.25, -0.2) is 39.5 Å². The van der Waals surface area contributed by atoms with Crippen molar-refractivity contribution in [1.82, 2.24) is 79.2 Å². The summed E-state index contributed by atoms with van der Waals surface area (Å²) in [5, 5.41) is 124. The number of halogens is 1. The highest BCUT2D eigenvalue weighted by molar-refractivity contribution is 7.85. The zero-order valence-corrected chi connectivity index (χ0v) is 68.3. The molecular weight excluding hydrogens is 1630 g/mol. The van der Waals surface area contributed by atoms with Crippen LogP contribution in [0.1, 0.15) is 101 Å². The van der Waals surface area contributed by atoms with Crippen LogP contribution in [0.3, 0.4) is 0 Å². The number of carbonyl (C=O) groups is 3. The molecule has 123 heavy (non-hydrogen) atoms. The first kappa shape index (κ1) is 98.7. The van der Waals surface area contributed by atoms with E-state index < -0.39 is 31.9 Å². The Morgan fingerprint density at radius 1 is 0.569 bits per heavy atom. The summed E-state index contributed by atoms with van der Waals surface area (Å²) < 4.78 is 35.9. The maximum Gasteiger partial charge on any atom is 0.335 e. The molecule has 0 fully saturated rings. The van der Waals surface area contributed by atoms with Gasteiger partial charge in [-0.15, -0.1) is 0 Å². The van der Waals surface area contributed by atoms with Crippen LogP contribution in [-0.2, 0) is 36.3 Å². The number of carbonyl (C=O) groups excluding carboxylic acids is 1. The first-order chi connectivity index (χ1) is 58.7. The Bertz CT molecular complexity index is 5920. The lowest BCUT2D eigenvalue weighted by Crippen LogP contribution is -2.09. The zero-order valence-electron chi connectivity index (χ0n) is 66.7. The number of aromatic nitrogens is 16. The Kier molecular flexibility index (Phi) is 41.8. The number of allylic oxidation sites excluding steroid dienone is 1. The average Bonchev–Trinajstić information content (AvgIpc) is 1.31. The summed E-state index contributed by atoms with van der Waals surface area (Å²) in [7, 11) is -4.02. The maximum absolute atomic E-state index is 12.2. The number of rotatable bonds is 23. The molecule has 632 valence electrons. The third-order valence-corrected chi connectivity index (χ3v) is 16.3. The van der Waals surface area contributed by atoms with Gasteiger partial charge >= 0.3 is 23.3 Å². The van der Waals surface area contributed by atoms with E-state index in [0.29, 0.717) is 80.7 Å². The van der Waals surface area contributed by atoms with Crippen LogP contribution in [0.2, 0.25) is 5.28 Å². The molecule has 12 aromatic rings. The van der Waals surface area contributed by atoms with E-state index in [9.17, 15) is 43.0 Å². The van der Waals surface area contributed by atoms with Gasteiger partial charge in [0.15, 0.2) is 5.78 Å². The number of nitrogen functional groups attached to an aromatic ring is 1. The second kappa shape index (κ2) is 52.1. The molecule has 0 aliphatic carbocycles. The number of carboxylic acids is 2. The van der Waals surface area contributed by atoms with Crippen molar-refractivity contribution in [3.05, 3.63) is 255 Å². The van der Waals surface area contributed by atoms with Gasteiger partial charge in [-0.1, -0.05) is 72.8 Å². The monoisotopic (exact) mass is 1710 g/mol. The number of nitro groups is 2. The maximum atomic E-state index is 12.2. The smallest absolute Gasteiger partial charge is 0.335 e. The summed E-state index contributed by atoms with van der Waals surface area (Å²) in [5.74, 6) is -1.43. The molecule has 10 N–H and O–H groups in total. The van der Waals surface area contributed by atoms with Crippen LogP contribution in [0, 0.1) is 133 Å². The molecule has 0 aliphatic rings. The highest BCUT2D eigenvalue weighted by atomic mass is 35.5. The Hall–Kier alpha value is -16.7. The van der Waals surface area contributed by atoms with Gasteiger partial charge in [0.2, 0.25) is 17.2 Å². The van der Waals surface area contributed by atoms with E-state index in [1.54, 1.807) is 156 Å². The topological polar surface area (TPSA) is 652 Å². The van der Waals surface area contributed by atoms with E-state index in [2.05, 4.69) is 95.9 Å². The molecule has 0 bridgehead atoms. The van der Waals surface area contributed by atoms with E-state index in [0.717, 1.165) is 74.1 Å². The predicted molar refractivity (Wildman–Crippen MR) is 450 cm³/mol. The van der Waals surface area contributed by atoms with E-state index in [1.165, 1.54) is 47.4 Å². The van der Waals surface area contributed by atoms with Gasteiger partial charge in [-0.3, -0.25) is 53.4 Å². The molecule has 8 heterocycles. The number of hydrogen-bond donors (Lipinski definition) is 8. The van der Waals surface area contributed by atoms with Crippen LogP contribution in [-0.4, -0.2) is 136 Å². The predicted octanol–water partition coefficient (Wildman–Crippen LogP) is 13.3. The third kappa shape index (κ3) is 36.2. The quantitative estimate of drug-likeness (QED) is 0.00736. The van der Waals surface area contributed by atoms with Gasteiger partial charge in [0.05, 0.1) is 191 Å². The molecule has 41 nitrogen and oxygen atoms in total. The van der Waals surface area contributed by atoms with Crippen molar-refractivity contribution >= 4 is 79.8 Å². The average molecular weight is 1710 g/mol. The molecule has 0 radical (unpaired) electrons. The van der Waals surface area contributed by atoms with Gasteiger partial charge in [-0.2, -0.15) is 70.7 Å². The zero-order chi connectivity index (χ0) is 91.0. The molecule has 0 saturated heterocycles. The van der Waals surface area contributed by atoms with Crippen molar-refractivity contribution in [3.63, 3.8) is 0 Å². The molecule has 8 aromatic heterocycles. The summed E-state index contributed by atoms with van der Waals surface area (Å²) in [6, 6.07) is 39.6. The Labute approximate surface area is 710 Å². The Morgan fingerprint density at radius 2 is 0.951 bits per heavy atom. The molecule has 2 atom stereocenters. The lowest BCUT2D eigenvalue weighted by molar-refractivity contribution is -0.385. The number of nitrogens with two attached hydrogens (primary N) is 2. The van der Waals surface area contributed by atoms with Crippen LogP contribution in [0.15, 0.2) is 195 Å². The number of ketones is 1. The Morgan fingerprint density at radius 3 is 1.28 bits per heavy atom. The summed E-state index contributed by atoms with van der Waals surface area (Å²) in [6.45, 7) is 16.1. The van der Waals surface area contributed by atoms with Crippen molar-refractivity contribution < 1.29 is 48.8 Å². The number of anilines is 5. The van der Waals surface area contributed by atoms with Crippen LogP contribution in [0.5, 0.6) is 0 Å². The lowest BCUT2D eigenvalue weighted by atomic mass is 9.99. The molecule has 12 rings (SSSR count). The molecule has 0 spiro atoms. The molecule has 0 aliphatic heterocycles. The van der Waals surface area contributed by atoms with Crippen LogP contribution >= 0.6 is 11.6 Å². The van der Waals surface area contributed by atoms with Gasteiger partial charge in [0.1, 0.15) is 18.6 Å². The summed E-state index contributed by atoms with van der Waals surface area (Å²) in [6.07, 6.45) is 23.0. The number of aromatic carboxylic acids is 2. The number of nitrogens with one attached hydrogen (secondary N) is 3. The van der Waals surface area contributed by atoms with Gasteiger partial charge in [-0.05, 0) is 106 Å². The van der Waals surface area contributed by atoms with E-state index in [4.69, 9.17) is 74.7 Å². The number of H-pyrrole nitrogens is 1. The van der Waals surface area contributed by atoms with Gasteiger partial charge in [0, 0.05) is 73.4 Å². The second-order valence-corrected chi connectivity index (χ2v) is 26.8. The summed E-state index contributed by atoms with van der Waals surface area (Å²) >= 11 is 5.73. The number of aryl methyl sites for hydroxylation is 8. The van der Waals surface area contributed by atoms with Crippen molar-refractivity contribution in [2.45, 2.75) is 111 Å². The summed E-state index contributed by atoms with van der Waals surface area (Å²) in [5.41, 5.74) is 21.7. The number of Topliss-reactive ketones (excluding diaryl/α,β-unsaturated/α-hetero) is 1. The number of benzene rings is 4. The third-order valence-electron chi connectivity index (χ3n) is 15.3. The first-order valence-corrected chi connectivity index (χ1v) is 37.7. The summed E-state index contributed by atoms with van der Waals surface area (Å²) in [4.78, 5) is 78.6. The SMILES string of the molecule is C=CC#N.C[C@H](N)C#N.Cc1ccc(S(=O)(=O)O)cc1.Cc1cnc(Cl)nc1-c1ccc(C(=O)O)cc1.Cc1cnc(Nc2cnn(CCC#N)c2)nc1-c1ccc(C(=O)C[C@@H](C)C#N)cc1.Cc1cnc(Nc2cnn(CCC#N)c2)nc1-c1ccc(C(=O)O)cc1.N#CCCn1cc(N)cn1.N#CCCn1cc([N+](=O)[O-])cn1.O=[N+]([O-])c1cn[nH]c1.[HH]. The highest BCUT2D eigenvalue weighted by Crippen LogP contribution is 2.27. The van der Waals surface area contributed by atoms with Crippen molar-refractivity contribution in [1.29, 1.82) is 36.8 Å². The molecule has 43 heteroatoms. The number of hydrogen-bond acceptors (Lipinski definition) is 31. The lowest BCUT2D eigenvalue weighted by Gasteiger charge is -2.09. The molecular formula is C80H82ClN29O12S. The van der Waals surface area contributed by atoms with E-state index in [1.807, 2.05) is 52.0 Å². The first-order valence-electron chi connectivity index (χ1n) is 35.9. The largest absolute Gasteiger partial charge is 0.478 e. The normalized spacial score (nSPS) is 10.3. The number of nitrogens with zero attached hydrogens (tertiary/aromatic N) is 24. The minimum absolute atomic E-state index is 0. The van der Waals surface area contributed by atoms with Crippen molar-refractivity contribution in [3.8, 4) is 76.3 Å². The molecule has 4 aromatic carbocycles. The van der Waals surface area contributed by atoms with Crippen LogP contribution in [0.4, 0.5) is 40.3 Å². The van der Waals surface area contributed by atoms with Crippen molar-refractivity contribution in [2.75, 3.05) is 16.4 Å². The fourth-order valence-electron chi connectivity index (χ4n) is 9.24. The molecule has 0 unspecified atom stereocenters. The highest BCUT2D eigenvalue weighted by Gasteiger charge is 2.16. The molecule has 0 saturated carbocycles. The van der Waals surface area contributed by atoms with Gasteiger partial charge in [0.25, 0.3) is 10.1 Å². The minimum atomic E-state index is -4.02. The fraction of sp³-hybridized carbons (Fsp3) is 0.212. The van der Waals surface area contributed by atoms with Crippen LogP contribution in [0.25, 0.3) is 33.8 Å². The molecule has 0 amide bonds. The number of carboxylic acid groups (broad SMARTS) is 2. The Balaban J connectivity index is 0.000000382. The standard InChI is InChI=1S/C22H21N7O.C18H16N6O2.C12H9ClN2O2.C7H8O3S.C6H6N4O2.C6H8N4.C3H3N3O2.C3H6N2.C3H3N.H2/c1-15(11-24)10-20(30)17-4-6-18(7-5-17)21-16(2)12-25-22(28-21)27-19-13-26-29(14-19)9-3-8-23;1-12-9-20-18(22-15-10-21-24(11-15)8-2-7-19)23-16(12)13-3-5-14(6-4-13)17(25)26;1-7-6-14-12(13)15-10(7)8-2-4-9(5-3-8)11(16)17;1-6-2-4-7(5-3-6)11(8,9)10;7-2-1-3-9-5-6(4-8-9)10(11)12;7-2-1-3-10-5-6(8)4-9-10;7-6(8)3-1-4-5-2-3;1-3(5)2-4;1-2-3-4;/h4-7,12-15H,3,9-10H2,1-2H3,(H,25,27,28);3-6,9-11H,2,8H2,1H3,(H,25,26)(H,20,22,23);2-6H,1H3,(H,16,17);2-5H,1H3,(H,8,9,10);4-5H,1,3H2;4-5H,1,3,8H2;1-2H,(H,4,5);3H,5H2,1H3;2H,1H2;1H/t15-;;;;;;;3-;;/m1......0../s1. The van der Waals surface area contributed by atoms with Crippen molar-refractivity contribution in [2.24, 2.45) is 11.7 Å².